The fourth-order valence-corrected chi connectivity index (χ4v) is 1.83. The smallest absolute Gasteiger partial charge is 0.216 e. The third kappa shape index (κ3) is 3.73. The van der Waals surface area contributed by atoms with Gasteiger partial charge in [0.2, 0.25) is 5.91 Å². The summed E-state index contributed by atoms with van der Waals surface area (Å²) >= 11 is 6.87. The number of carbonyl (C=O) groups excluding carboxylic acids is 1. The molecule has 7 heteroatoms. The first-order valence-electron chi connectivity index (χ1n) is 4.18. The normalized spacial score (nSPS) is 9.40. The van der Waals surface area contributed by atoms with Crippen molar-refractivity contribution in [2.45, 2.75) is 6.92 Å². The predicted molar refractivity (Wildman–Crippen MR) is 59.0 cm³/mol. The van der Waals surface area contributed by atoms with Crippen LogP contribution in [0.2, 0.25) is 5.15 Å². The van der Waals surface area contributed by atoms with Crippen LogP contribution in [0.1, 0.15) is 11.8 Å². The molecule has 0 saturated heterocycles. The van der Waals surface area contributed by atoms with Crippen molar-refractivity contribution in [1.29, 1.82) is 5.26 Å². The summed E-state index contributed by atoms with van der Waals surface area (Å²) in [4.78, 5) is 14.9. The second kappa shape index (κ2) is 5.53. The topological polar surface area (TPSA) is 77.8 Å². The zero-order chi connectivity index (χ0) is 11.3. The van der Waals surface area contributed by atoms with E-state index in [0.29, 0.717) is 23.1 Å². The van der Waals surface area contributed by atoms with Crippen LogP contribution in [0, 0.1) is 11.3 Å². The number of thiazole rings is 1. The molecule has 0 aliphatic carbocycles. The van der Waals surface area contributed by atoms with E-state index in [4.69, 9.17) is 16.9 Å². The lowest BCUT2D eigenvalue weighted by molar-refractivity contribution is -0.118. The van der Waals surface area contributed by atoms with Gasteiger partial charge in [-0.1, -0.05) is 22.9 Å². The summed E-state index contributed by atoms with van der Waals surface area (Å²) in [5.74, 6) is -0.0771. The van der Waals surface area contributed by atoms with Gasteiger partial charge in [-0.3, -0.25) is 4.79 Å². The molecular weight excluding hydrogens is 236 g/mol. The van der Waals surface area contributed by atoms with Gasteiger partial charge < -0.3 is 10.6 Å². The van der Waals surface area contributed by atoms with Crippen LogP contribution >= 0.6 is 22.9 Å². The molecule has 2 N–H and O–H groups in total. The molecule has 1 amide bonds. The Balaban J connectivity index is 2.38. The lowest BCUT2D eigenvalue weighted by Crippen LogP contribution is -2.26. The van der Waals surface area contributed by atoms with E-state index in [1.807, 2.05) is 6.07 Å². The number of nitrogens with one attached hydrogen (secondary N) is 2. The van der Waals surface area contributed by atoms with Crippen LogP contribution in [0.25, 0.3) is 0 Å². The highest BCUT2D eigenvalue weighted by molar-refractivity contribution is 7.16. The Hall–Kier alpha value is -1.32. The van der Waals surface area contributed by atoms with Crippen LogP contribution in [0.3, 0.4) is 0 Å². The van der Waals surface area contributed by atoms with E-state index >= 15 is 0 Å². The highest BCUT2D eigenvalue weighted by atomic mass is 35.5. The zero-order valence-electron chi connectivity index (χ0n) is 8.00. The van der Waals surface area contributed by atoms with Crippen molar-refractivity contribution >= 4 is 34.0 Å². The van der Waals surface area contributed by atoms with Gasteiger partial charge in [0.1, 0.15) is 10.9 Å². The summed E-state index contributed by atoms with van der Waals surface area (Å²) in [6.45, 7) is 2.51. The molecule has 0 aliphatic heterocycles. The minimum Gasteiger partial charge on any atom is -0.360 e. The second-order valence-corrected chi connectivity index (χ2v) is 4.02. The molecule has 0 fully saturated rings. The van der Waals surface area contributed by atoms with Crippen molar-refractivity contribution in [3.63, 3.8) is 0 Å². The SMILES string of the molecule is CC(=O)NCCNc1nc(Cl)c(C#N)s1. The molecule has 0 spiro atoms. The van der Waals surface area contributed by atoms with E-state index in [-0.39, 0.29) is 11.1 Å². The van der Waals surface area contributed by atoms with Gasteiger partial charge in [0, 0.05) is 20.0 Å². The van der Waals surface area contributed by atoms with Crippen molar-refractivity contribution in [2.75, 3.05) is 18.4 Å². The molecule has 0 aromatic carbocycles. The largest absolute Gasteiger partial charge is 0.360 e. The maximum absolute atomic E-state index is 10.5. The molecule has 0 atom stereocenters. The van der Waals surface area contributed by atoms with Gasteiger partial charge in [0.25, 0.3) is 0 Å². The molecular formula is C8H9ClN4OS. The van der Waals surface area contributed by atoms with Crippen molar-refractivity contribution < 1.29 is 4.79 Å². The first kappa shape index (κ1) is 11.8. The minimum atomic E-state index is -0.0771. The molecule has 1 aromatic heterocycles. The van der Waals surface area contributed by atoms with Crippen LogP contribution in [0.5, 0.6) is 0 Å². The van der Waals surface area contributed by atoms with Gasteiger partial charge in [-0.2, -0.15) is 5.26 Å². The van der Waals surface area contributed by atoms with E-state index in [1.54, 1.807) is 0 Å². The summed E-state index contributed by atoms with van der Waals surface area (Å²) in [6.07, 6.45) is 0. The van der Waals surface area contributed by atoms with Gasteiger partial charge in [-0.15, -0.1) is 0 Å². The molecule has 1 aromatic rings. The van der Waals surface area contributed by atoms with E-state index < -0.39 is 0 Å². The Labute approximate surface area is 96.1 Å². The number of halogens is 1. The fraction of sp³-hybridized carbons (Fsp3) is 0.375. The van der Waals surface area contributed by atoms with Crippen LogP contribution in [0.4, 0.5) is 5.13 Å². The van der Waals surface area contributed by atoms with E-state index in [1.165, 1.54) is 18.3 Å². The van der Waals surface area contributed by atoms with Gasteiger partial charge in [-0.25, -0.2) is 4.98 Å². The molecule has 80 valence electrons. The number of rotatable bonds is 4. The number of hydrogen-bond donors (Lipinski definition) is 2. The van der Waals surface area contributed by atoms with Gasteiger partial charge in [-0.05, 0) is 0 Å². The number of carbonyl (C=O) groups is 1. The predicted octanol–water partition coefficient (Wildman–Crippen LogP) is 1.22. The van der Waals surface area contributed by atoms with E-state index in [9.17, 15) is 4.79 Å². The van der Waals surface area contributed by atoms with Crippen molar-refractivity contribution in [3.05, 3.63) is 10.0 Å². The molecule has 0 radical (unpaired) electrons. The van der Waals surface area contributed by atoms with Crippen LogP contribution in [0.15, 0.2) is 0 Å². The molecule has 0 saturated carbocycles. The third-order valence-electron chi connectivity index (χ3n) is 1.46. The number of amides is 1. The monoisotopic (exact) mass is 244 g/mol. The molecule has 0 aliphatic rings. The Morgan fingerprint density at radius 1 is 1.67 bits per heavy atom. The summed E-state index contributed by atoms with van der Waals surface area (Å²) < 4.78 is 0. The second-order valence-electron chi connectivity index (χ2n) is 2.66. The average Bonchev–Trinajstić information content (AvgIpc) is 2.53. The third-order valence-corrected chi connectivity index (χ3v) is 2.77. The quantitative estimate of drug-likeness (QED) is 0.781. The maximum Gasteiger partial charge on any atom is 0.216 e. The average molecular weight is 245 g/mol. The van der Waals surface area contributed by atoms with Gasteiger partial charge >= 0.3 is 0 Å². The van der Waals surface area contributed by atoms with Crippen molar-refractivity contribution in [3.8, 4) is 6.07 Å². The molecule has 1 rings (SSSR count). The fourth-order valence-electron chi connectivity index (χ4n) is 0.854. The lowest BCUT2D eigenvalue weighted by atomic mass is 10.6. The van der Waals surface area contributed by atoms with E-state index in [0.717, 1.165) is 0 Å². The number of hydrogen-bond acceptors (Lipinski definition) is 5. The minimum absolute atomic E-state index is 0.0771. The van der Waals surface area contributed by atoms with Crippen molar-refractivity contribution in [2.24, 2.45) is 0 Å². The van der Waals surface area contributed by atoms with Gasteiger partial charge in [0.15, 0.2) is 10.3 Å². The van der Waals surface area contributed by atoms with Crippen molar-refractivity contribution in [1.82, 2.24) is 10.3 Å². The summed E-state index contributed by atoms with van der Waals surface area (Å²) in [5, 5.41) is 15.0. The van der Waals surface area contributed by atoms with Crippen LogP contribution in [-0.2, 0) is 4.79 Å². The lowest BCUT2D eigenvalue weighted by Gasteiger charge is -2.02. The Morgan fingerprint density at radius 3 is 2.93 bits per heavy atom. The summed E-state index contributed by atoms with van der Waals surface area (Å²) in [7, 11) is 0. The Bertz CT molecular complexity index is 398. The maximum atomic E-state index is 10.5. The standard InChI is InChI=1S/C8H9ClN4OS/c1-5(14)11-2-3-12-8-13-7(9)6(4-10)15-8/h2-3H2,1H3,(H,11,14)(H,12,13). The summed E-state index contributed by atoms with van der Waals surface area (Å²) in [6, 6.07) is 1.94. The molecule has 15 heavy (non-hydrogen) atoms. The number of anilines is 1. The van der Waals surface area contributed by atoms with Crippen LogP contribution < -0.4 is 10.6 Å². The molecule has 0 unspecified atom stereocenters. The molecule has 0 bridgehead atoms. The Kier molecular flexibility index (Phi) is 4.34. The summed E-state index contributed by atoms with van der Waals surface area (Å²) in [5.41, 5.74) is 0. The van der Waals surface area contributed by atoms with Crippen LogP contribution in [-0.4, -0.2) is 24.0 Å². The first-order chi connectivity index (χ1) is 7.13. The molecule has 5 nitrogen and oxygen atoms in total. The highest BCUT2D eigenvalue weighted by Crippen LogP contribution is 2.25. The van der Waals surface area contributed by atoms with E-state index in [2.05, 4.69) is 15.6 Å². The Morgan fingerprint density at radius 2 is 2.40 bits per heavy atom. The zero-order valence-corrected chi connectivity index (χ0v) is 9.58. The van der Waals surface area contributed by atoms with Gasteiger partial charge in [0.05, 0.1) is 0 Å². The number of nitriles is 1. The number of nitrogens with zero attached hydrogens (tertiary/aromatic N) is 2. The number of aromatic nitrogens is 1. The molecule has 1 heterocycles. The highest BCUT2D eigenvalue weighted by Gasteiger charge is 2.07. The first-order valence-corrected chi connectivity index (χ1v) is 5.37.